The number of hydrogen-bond donors (Lipinski definition) is 0. The molecule has 0 amide bonds. The molecule has 0 radical (unpaired) electrons. The Morgan fingerprint density at radius 1 is 1.32 bits per heavy atom. The van der Waals surface area contributed by atoms with Crippen molar-refractivity contribution in [3.63, 3.8) is 0 Å². The summed E-state index contributed by atoms with van der Waals surface area (Å²) in [6, 6.07) is 4.81. The van der Waals surface area contributed by atoms with Gasteiger partial charge in [0.2, 0.25) is 0 Å². The Morgan fingerprint density at radius 3 is 2.63 bits per heavy atom. The fraction of sp³-hybridized carbons (Fsp3) is 0.562. The summed E-state index contributed by atoms with van der Waals surface area (Å²) < 4.78 is 5.26. The summed E-state index contributed by atoms with van der Waals surface area (Å²) in [6.45, 7) is 4.41. The molecule has 98 valence electrons. The van der Waals surface area contributed by atoms with Crippen LogP contribution < -0.4 is 0 Å². The molecule has 3 nitrogen and oxygen atoms in total. The third kappa shape index (κ3) is 1.79. The minimum absolute atomic E-state index is 0.590. The molecule has 19 heavy (non-hydrogen) atoms. The highest BCUT2D eigenvalue weighted by atomic mass is 16.5. The first-order valence-electron chi connectivity index (χ1n) is 7.02. The minimum Gasteiger partial charge on any atom is -0.378 e. The van der Waals surface area contributed by atoms with Crippen LogP contribution in [0.25, 0.3) is 0 Å². The van der Waals surface area contributed by atoms with Crippen LogP contribution in [0, 0.1) is 17.8 Å². The van der Waals surface area contributed by atoms with E-state index in [0.717, 1.165) is 18.8 Å². The van der Waals surface area contributed by atoms with Crippen LogP contribution in [0.15, 0.2) is 18.3 Å². The van der Waals surface area contributed by atoms with Crippen molar-refractivity contribution in [2.45, 2.75) is 24.8 Å². The summed E-state index contributed by atoms with van der Waals surface area (Å²) in [5.74, 6) is 3.26. The zero-order chi connectivity index (χ0) is 12.9. The smallest absolute Gasteiger partial charge is 0.0645 e. The Balaban J connectivity index is 1.34. The molecule has 1 aliphatic carbocycles. The number of nitrogens with zero attached hydrogens (tertiary/aromatic N) is 2. The maximum absolute atomic E-state index is 5.35. The van der Waals surface area contributed by atoms with Crippen LogP contribution in [0.1, 0.15) is 30.0 Å². The standard InChI is InChI=1S/C16H18N2O/c1-2-12-3-4-15(17-7-12)13-5-16(6-13)10-18(11-16)14-8-19-9-14/h1,3-4,7,13-14H,5-6,8-11H2. The number of hydrogen-bond acceptors (Lipinski definition) is 3. The van der Waals surface area contributed by atoms with Crippen LogP contribution in [0.3, 0.4) is 0 Å². The highest BCUT2D eigenvalue weighted by molar-refractivity contribution is 5.31. The van der Waals surface area contributed by atoms with Gasteiger partial charge in [-0.2, -0.15) is 0 Å². The maximum Gasteiger partial charge on any atom is 0.0645 e. The Bertz CT molecular complexity index is 513. The first-order chi connectivity index (χ1) is 9.28. The zero-order valence-corrected chi connectivity index (χ0v) is 11.0. The van der Waals surface area contributed by atoms with Gasteiger partial charge in [-0.3, -0.25) is 9.88 Å². The van der Waals surface area contributed by atoms with Gasteiger partial charge in [0.25, 0.3) is 0 Å². The Labute approximate surface area is 114 Å². The second-order valence-electron chi connectivity index (χ2n) is 6.32. The van der Waals surface area contributed by atoms with E-state index in [1.54, 1.807) is 0 Å². The predicted octanol–water partition coefficient (Wildman–Crippen LogP) is 1.64. The van der Waals surface area contributed by atoms with E-state index in [9.17, 15) is 0 Å². The monoisotopic (exact) mass is 254 g/mol. The minimum atomic E-state index is 0.590. The van der Waals surface area contributed by atoms with E-state index in [-0.39, 0.29) is 0 Å². The van der Waals surface area contributed by atoms with Crippen molar-refractivity contribution in [3.8, 4) is 12.3 Å². The van der Waals surface area contributed by atoms with Crippen LogP contribution in [0.5, 0.6) is 0 Å². The number of ether oxygens (including phenoxy) is 1. The largest absolute Gasteiger partial charge is 0.378 e. The number of terminal acetylenes is 1. The number of likely N-dealkylation sites (tertiary alicyclic amines) is 1. The van der Waals surface area contributed by atoms with Crippen LogP contribution in [-0.4, -0.2) is 42.2 Å². The van der Waals surface area contributed by atoms with Gasteiger partial charge in [-0.1, -0.05) is 5.92 Å². The maximum atomic E-state index is 5.35. The second kappa shape index (κ2) is 4.06. The summed E-state index contributed by atoms with van der Waals surface area (Å²) in [5.41, 5.74) is 2.68. The van der Waals surface area contributed by atoms with Gasteiger partial charge in [0.1, 0.15) is 0 Å². The highest BCUT2D eigenvalue weighted by Crippen LogP contribution is 2.56. The van der Waals surface area contributed by atoms with Crippen molar-refractivity contribution in [1.82, 2.24) is 9.88 Å². The number of aromatic nitrogens is 1. The van der Waals surface area contributed by atoms with Crippen molar-refractivity contribution in [1.29, 1.82) is 0 Å². The van der Waals surface area contributed by atoms with Crippen molar-refractivity contribution in [2.24, 2.45) is 5.41 Å². The van der Waals surface area contributed by atoms with Gasteiger partial charge in [-0.15, -0.1) is 6.42 Å². The molecule has 0 aromatic carbocycles. The molecule has 1 aromatic rings. The van der Waals surface area contributed by atoms with Gasteiger partial charge in [-0.05, 0) is 30.4 Å². The topological polar surface area (TPSA) is 25.4 Å². The van der Waals surface area contributed by atoms with Gasteiger partial charge < -0.3 is 4.74 Å². The highest BCUT2D eigenvalue weighted by Gasteiger charge is 2.54. The van der Waals surface area contributed by atoms with Gasteiger partial charge in [0.15, 0.2) is 0 Å². The second-order valence-corrected chi connectivity index (χ2v) is 6.32. The third-order valence-electron chi connectivity index (χ3n) is 4.94. The van der Waals surface area contributed by atoms with E-state index in [0.29, 0.717) is 17.4 Å². The molecule has 0 N–H and O–H groups in total. The Hall–Kier alpha value is -1.37. The summed E-state index contributed by atoms with van der Waals surface area (Å²) in [4.78, 5) is 7.08. The fourth-order valence-electron chi connectivity index (χ4n) is 3.69. The Kier molecular flexibility index (Phi) is 2.45. The van der Waals surface area contributed by atoms with Gasteiger partial charge in [-0.25, -0.2) is 0 Å². The van der Waals surface area contributed by atoms with Crippen molar-refractivity contribution < 1.29 is 4.74 Å². The van der Waals surface area contributed by atoms with Gasteiger partial charge >= 0.3 is 0 Å². The molecule has 3 heterocycles. The molecule has 0 unspecified atom stereocenters. The molecule has 1 aromatic heterocycles. The molecule has 4 rings (SSSR count). The van der Waals surface area contributed by atoms with E-state index >= 15 is 0 Å². The van der Waals surface area contributed by atoms with Crippen molar-refractivity contribution in [3.05, 3.63) is 29.6 Å². The molecule has 3 aliphatic rings. The number of pyridine rings is 1. The molecule has 3 heteroatoms. The molecule has 0 atom stereocenters. The van der Waals surface area contributed by atoms with E-state index < -0.39 is 0 Å². The average Bonchev–Trinajstić information content (AvgIpc) is 2.28. The number of rotatable bonds is 2. The molecule has 3 fully saturated rings. The zero-order valence-electron chi connectivity index (χ0n) is 11.0. The molecular formula is C16H18N2O. The van der Waals surface area contributed by atoms with E-state index in [2.05, 4.69) is 21.9 Å². The molecule has 1 saturated carbocycles. The van der Waals surface area contributed by atoms with Crippen LogP contribution in [0.4, 0.5) is 0 Å². The predicted molar refractivity (Wildman–Crippen MR) is 72.8 cm³/mol. The lowest BCUT2D eigenvalue weighted by Crippen LogP contribution is -2.67. The van der Waals surface area contributed by atoms with E-state index in [1.165, 1.54) is 31.6 Å². The summed E-state index contributed by atoms with van der Waals surface area (Å²) in [5, 5.41) is 0. The molecule has 2 aliphatic heterocycles. The lowest BCUT2D eigenvalue weighted by molar-refractivity contribution is -0.158. The van der Waals surface area contributed by atoms with Crippen molar-refractivity contribution in [2.75, 3.05) is 26.3 Å². The summed E-state index contributed by atoms with van der Waals surface area (Å²) in [6.07, 6.45) is 9.75. The lowest BCUT2D eigenvalue weighted by atomic mass is 9.56. The molecule has 1 spiro atoms. The average molecular weight is 254 g/mol. The Morgan fingerprint density at radius 2 is 2.11 bits per heavy atom. The van der Waals surface area contributed by atoms with Crippen molar-refractivity contribution >= 4 is 0 Å². The fourth-order valence-corrected chi connectivity index (χ4v) is 3.69. The summed E-state index contributed by atoms with van der Waals surface area (Å²) in [7, 11) is 0. The van der Waals surface area contributed by atoms with Crippen LogP contribution >= 0.6 is 0 Å². The first-order valence-corrected chi connectivity index (χ1v) is 7.02. The quantitative estimate of drug-likeness (QED) is 0.750. The molecule has 0 bridgehead atoms. The molecular weight excluding hydrogens is 236 g/mol. The van der Waals surface area contributed by atoms with E-state index in [1.807, 2.05) is 12.3 Å². The van der Waals surface area contributed by atoms with Crippen LogP contribution in [-0.2, 0) is 4.74 Å². The van der Waals surface area contributed by atoms with E-state index in [4.69, 9.17) is 11.2 Å². The lowest BCUT2D eigenvalue weighted by Gasteiger charge is -2.62. The van der Waals surface area contributed by atoms with Crippen LogP contribution in [0.2, 0.25) is 0 Å². The first kappa shape index (κ1) is 11.5. The molecule has 2 saturated heterocycles. The third-order valence-corrected chi connectivity index (χ3v) is 4.94. The SMILES string of the molecule is C#Cc1ccc(C2CC3(C2)CN(C2COC2)C3)nc1. The normalized spacial score (nSPS) is 26.3. The van der Waals surface area contributed by atoms with Gasteiger partial charge in [0, 0.05) is 36.5 Å². The summed E-state index contributed by atoms with van der Waals surface area (Å²) >= 11 is 0. The van der Waals surface area contributed by atoms with Gasteiger partial charge in [0.05, 0.1) is 19.3 Å².